The normalized spacial score (nSPS) is 11.9. The molecule has 15 heavy (non-hydrogen) atoms. The molecule has 2 heteroatoms. The molecule has 78 valence electrons. The number of hydrogen-bond donors (Lipinski definition) is 1. The van der Waals surface area contributed by atoms with E-state index in [9.17, 15) is 4.79 Å². The summed E-state index contributed by atoms with van der Waals surface area (Å²) >= 11 is 0. The molecule has 0 spiro atoms. The number of rotatable bonds is 1. The first kappa shape index (κ1) is 9.97. The summed E-state index contributed by atoms with van der Waals surface area (Å²) < 4.78 is 0. The first-order chi connectivity index (χ1) is 6.98. The van der Waals surface area contributed by atoms with Gasteiger partial charge in [0.1, 0.15) is 0 Å². The third-order valence-electron chi connectivity index (χ3n) is 2.50. The largest absolute Gasteiger partial charge is 0.361 e. The highest BCUT2D eigenvalue weighted by atomic mass is 16.1. The monoisotopic (exact) mass is 201 g/mol. The van der Waals surface area contributed by atoms with Crippen molar-refractivity contribution in [2.24, 2.45) is 5.41 Å². The van der Waals surface area contributed by atoms with Crippen LogP contribution in [0, 0.1) is 5.41 Å². The number of Topliss-reactive ketones (excluding diaryl/α,β-unsaturated/α-hetero) is 1. The SMILES string of the molecule is CC(C)(C)C(=O)c1ccc2[nH]ccc2c1. The molecule has 0 unspecified atom stereocenters. The summed E-state index contributed by atoms with van der Waals surface area (Å²) in [6, 6.07) is 7.76. The van der Waals surface area contributed by atoms with Crippen molar-refractivity contribution in [3.63, 3.8) is 0 Å². The van der Waals surface area contributed by atoms with E-state index < -0.39 is 0 Å². The second kappa shape index (κ2) is 3.23. The summed E-state index contributed by atoms with van der Waals surface area (Å²) in [7, 11) is 0. The highest BCUT2D eigenvalue weighted by Gasteiger charge is 2.22. The minimum Gasteiger partial charge on any atom is -0.361 e. The number of aromatic nitrogens is 1. The van der Waals surface area contributed by atoms with Gasteiger partial charge in [-0.3, -0.25) is 4.79 Å². The summed E-state index contributed by atoms with van der Waals surface area (Å²) in [5, 5.41) is 1.09. The molecule has 1 heterocycles. The van der Waals surface area contributed by atoms with Crippen LogP contribution in [0.3, 0.4) is 0 Å². The number of fused-ring (bicyclic) bond motifs is 1. The van der Waals surface area contributed by atoms with Crippen LogP contribution in [0.15, 0.2) is 30.5 Å². The Morgan fingerprint density at radius 3 is 2.60 bits per heavy atom. The third-order valence-corrected chi connectivity index (χ3v) is 2.50. The van der Waals surface area contributed by atoms with E-state index in [0.717, 1.165) is 16.5 Å². The highest BCUT2D eigenvalue weighted by molar-refractivity contribution is 6.02. The molecule has 0 aliphatic rings. The summed E-state index contributed by atoms with van der Waals surface area (Å²) in [6.45, 7) is 5.82. The number of nitrogens with one attached hydrogen (secondary N) is 1. The van der Waals surface area contributed by atoms with E-state index in [1.807, 2.05) is 51.2 Å². The van der Waals surface area contributed by atoms with Crippen LogP contribution < -0.4 is 0 Å². The van der Waals surface area contributed by atoms with Crippen LogP contribution in [0.25, 0.3) is 10.9 Å². The van der Waals surface area contributed by atoms with E-state index in [1.54, 1.807) is 0 Å². The molecule has 2 rings (SSSR count). The predicted octanol–water partition coefficient (Wildman–Crippen LogP) is 3.40. The van der Waals surface area contributed by atoms with Crippen LogP contribution in [0.5, 0.6) is 0 Å². The van der Waals surface area contributed by atoms with E-state index in [1.165, 1.54) is 0 Å². The van der Waals surface area contributed by atoms with Gasteiger partial charge in [0, 0.05) is 28.1 Å². The molecule has 1 aromatic heterocycles. The fourth-order valence-electron chi connectivity index (χ4n) is 1.63. The Labute approximate surface area is 89.3 Å². The van der Waals surface area contributed by atoms with Gasteiger partial charge in [-0.15, -0.1) is 0 Å². The second-order valence-electron chi connectivity index (χ2n) is 4.86. The van der Waals surface area contributed by atoms with Gasteiger partial charge >= 0.3 is 0 Å². The molecule has 0 saturated carbocycles. The Kier molecular flexibility index (Phi) is 2.14. The molecule has 2 aromatic rings. The lowest BCUT2D eigenvalue weighted by Gasteiger charge is -2.16. The van der Waals surface area contributed by atoms with Gasteiger partial charge in [-0.2, -0.15) is 0 Å². The van der Waals surface area contributed by atoms with E-state index in [-0.39, 0.29) is 11.2 Å². The van der Waals surface area contributed by atoms with Crippen LogP contribution in [-0.4, -0.2) is 10.8 Å². The van der Waals surface area contributed by atoms with Crippen molar-refractivity contribution < 1.29 is 4.79 Å². The molecule has 0 aliphatic carbocycles. The Morgan fingerprint density at radius 2 is 1.93 bits per heavy atom. The van der Waals surface area contributed by atoms with Crippen LogP contribution in [-0.2, 0) is 0 Å². The number of H-pyrrole nitrogens is 1. The number of carbonyl (C=O) groups excluding carboxylic acids is 1. The molecular formula is C13H15NO. The topological polar surface area (TPSA) is 32.9 Å². The Balaban J connectivity index is 2.49. The van der Waals surface area contributed by atoms with Crippen molar-refractivity contribution in [2.45, 2.75) is 20.8 Å². The maximum atomic E-state index is 12.0. The van der Waals surface area contributed by atoms with Gasteiger partial charge in [-0.25, -0.2) is 0 Å². The summed E-state index contributed by atoms with van der Waals surface area (Å²) in [6.07, 6.45) is 1.88. The molecule has 0 amide bonds. The minimum absolute atomic E-state index is 0.186. The zero-order valence-electron chi connectivity index (χ0n) is 9.29. The van der Waals surface area contributed by atoms with Gasteiger partial charge in [-0.05, 0) is 24.3 Å². The molecule has 2 nitrogen and oxygen atoms in total. The Bertz CT molecular complexity index is 502. The van der Waals surface area contributed by atoms with E-state index >= 15 is 0 Å². The lowest BCUT2D eigenvalue weighted by Crippen LogP contribution is -2.19. The van der Waals surface area contributed by atoms with Crippen LogP contribution in [0.1, 0.15) is 31.1 Å². The average Bonchev–Trinajstić information content (AvgIpc) is 2.61. The second-order valence-corrected chi connectivity index (χ2v) is 4.86. The molecule has 0 bridgehead atoms. The fraction of sp³-hybridized carbons (Fsp3) is 0.308. The first-order valence-corrected chi connectivity index (χ1v) is 5.10. The Hall–Kier alpha value is -1.57. The molecule has 0 fully saturated rings. The van der Waals surface area contributed by atoms with E-state index in [0.29, 0.717) is 0 Å². The smallest absolute Gasteiger partial charge is 0.168 e. The maximum Gasteiger partial charge on any atom is 0.168 e. The van der Waals surface area contributed by atoms with Crippen molar-refractivity contribution in [1.29, 1.82) is 0 Å². The minimum atomic E-state index is -0.315. The Morgan fingerprint density at radius 1 is 1.20 bits per heavy atom. The quantitative estimate of drug-likeness (QED) is 0.705. The summed E-state index contributed by atoms with van der Waals surface area (Å²) in [5.41, 5.74) is 1.54. The lowest BCUT2D eigenvalue weighted by molar-refractivity contribution is 0.0858. The predicted molar refractivity (Wildman–Crippen MR) is 62.1 cm³/mol. The molecule has 0 radical (unpaired) electrons. The number of aromatic amines is 1. The lowest BCUT2D eigenvalue weighted by atomic mass is 9.86. The van der Waals surface area contributed by atoms with Gasteiger partial charge in [0.05, 0.1) is 0 Å². The maximum absolute atomic E-state index is 12.0. The first-order valence-electron chi connectivity index (χ1n) is 5.10. The molecule has 1 aromatic carbocycles. The molecule has 1 N–H and O–H groups in total. The van der Waals surface area contributed by atoms with Crippen molar-refractivity contribution >= 4 is 16.7 Å². The average molecular weight is 201 g/mol. The van der Waals surface area contributed by atoms with Gasteiger partial charge in [0.25, 0.3) is 0 Å². The van der Waals surface area contributed by atoms with Crippen molar-refractivity contribution in [3.05, 3.63) is 36.0 Å². The highest BCUT2D eigenvalue weighted by Crippen LogP contribution is 2.23. The number of benzene rings is 1. The van der Waals surface area contributed by atoms with Crippen LogP contribution in [0.2, 0.25) is 0 Å². The van der Waals surface area contributed by atoms with E-state index in [2.05, 4.69) is 4.98 Å². The van der Waals surface area contributed by atoms with E-state index in [4.69, 9.17) is 0 Å². The number of carbonyl (C=O) groups is 1. The molecule has 0 aliphatic heterocycles. The van der Waals surface area contributed by atoms with Gasteiger partial charge < -0.3 is 4.98 Å². The summed E-state index contributed by atoms with van der Waals surface area (Å²) in [4.78, 5) is 15.1. The van der Waals surface area contributed by atoms with Gasteiger partial charge in [-0.1, -0.05) is 20.8 Å². The zero-order chi connectivity index (χ0) is 11.1. The molecule has 0 saturated heterocycles. The van der Waals surface area contributed by atoms with Crippen molar-refractivity contribution in [1.82, 2.24) is 4.98 Å². The molecule has 0 atom stereocenters. The summed E-state index contributed by atoms with van der Waals surface area (Å²) in [5.74, 6) is 0.186. The van der Waals surface area contributed by atoms with Gasteiger partial charge in [0.2, 0.25) is 0 Å². The van der Waals surface area contributed by atoms with Gasteiger partial charge in [0.15, 0.2) is 5.78 Å². The standard InChI is InChI=1S/C13H15NO/c1-13(2,3)12(15)10-4-5-11-9(8-10)6-7-14-11/h4-8,14H,1-3H3. The number of hydrogen-bond acceptors (Lipinski definition) is 1. The zero-order valence-corrected chi connectivity index (χ0v) is 9.29. The molecular weight excluding hydrogens is 186 g/mol. The third kappa shape index (κ3) is 1.80. The van der Waals surface area contributed by atoms with Crippen molar-refractivity contribution in [3.8, 4) is 0 Å². The van der Waals surface area contributed by atoms with Crippen LogP contribution >= 0.6 is 0 Å². The van der Waals surface area contributed by atoms with Crippen molar-refractivity contribution in [2.75, 3.05) is 0 Å². The fourth-order valence-corrected chi connectivity index (χ4v) is 1.63. The number of ketones is 1. The van der Waals surface area contributed by atoms with Crippen LogP contribution in [0.4, 0.5) is 0 Å².